The molecule has 0 saturated heterocycles. The van der Waals surface area contributed by atoms with Crippen molar-refractivity contribution < 1.29 is 18.8 Å². The molecule has 1 aromatic carbocycles. The Morgan fingerprint density at radius 3 is 2.65 bits per heavy atom. The van der Waals surface area contributed by atoms with Gasteiger partial charge in [0.2, 0.25) is 0 Å². The van der Waals surface area contributed by atoms with Gasteiger partial charge in [0.15, 0.2) is 0 Å². The lowest BCUT2D eigenvalue weighted by atomic mass is 10.0. The highest BCUT2D eigenvalue weighted by atomic mass is 19.1. The first-order chi connectivity index (χ1) is 14.8. The molecule has 8 nitrogen and oxygen atoms in total. The maximum Gasteiger partial charge on any atom is 0.328 e. The number of aromatic nitrogens is 1. The molecule has 2 aromatic rings. The fourth-order valence-electron chi connectivity index (χ4n) is 3.65. The molecule has 0 atom stereocenters. The van der Waals surface area contributed by atoms with Gasteiger partial charge in [-0.25, -0.2) is 14.1 Å². The molecule has 0 bridgehead atoms. The van der Waals surface area contributed by atoms with Gasteiger partial charge in [-0.1, -0.05) is 6.92 Å². The fourth-order valence-corrected chi connectivity index (χ4v) is 3.65. The summed E-state index contributed by atoms with van der Waals surface area (Å²) in [6.07, 6.45) is 1.56. The molecule has 1 aliphatic rings. The van der Waals surface area contributed by atoms with E-state index in [0.29, 0.717) is 46.9 Å². The monoisotopic (exact) mass is 427 g/mol. The first-order valence-corrected chi connectivity index (χ1v) is 10.1. The molecule has 0 radical (unpaired) electrons. The van der Waals surface area contributed by atoms with Gasteiger partial charge >= 0.3 is 6.03 Å². The minimum Gasteiger partial charge on any atom is -0.358 e. The first-order valence-electron chi connectivity index (χ1n) is 10.1. The molecule has 4 N–H and O–H groups in total. The summed E-state index contributed by atoms with van der Waals surface area (Å²) < 4.78 is 13.9. The van der Waals surface area contributed by atoms with Crippen LogP contribution in [0.25, 0.3) is 11.6 Å². The number of halogens is 1. The summed E-state index contributed by atoms with van der Waals surface area (Å²) in [6, 6.07) is 3.21. The van der Waals surface area contributed by atoms with E-state index in [1.54, 1.807) is 19.9 Å². The number of hydrogen-bond donors (Lipinski definition) is 4. The number of carbonyl (C=O) groups is 3. The van der Waals surface area contributed by atoms with E-state index >= 15 is 0 Å². The third kappa shape index (κ3) is 4.22. The molecule has 0 spiro atoms. The van der Waals surface area contributed by atoms with Gasteiger partial charge in [-0.3, -0.25) is 9.59 Å². The van der Waals surface area contributed by atoms with Crippen LogP contribution in [0.3, 0.4) is 0 Å². The van der Waals surface area contributed by atoms with Crippen molar-refractivity contribution in [3.63, 3.8) is 0 Å². The van der Waals surface area contributed by atoms with Crippen LogP contribution < -0.4 is 20.9 Å². The number of hydrogen-bond acceptors (Lipinski definition) is 4. The molecule has 9 heteroatoms. The quantitative estimate of drug-likeness (QED) is 0.419. The van der Waals surface area contributed by atoms with Crippen molar-refractivity contribution in [1.82, 2.24) is 20.9 Å². The van der Waals surface area contributed by atoms with E-state index in [9.17, 15) is 18.8 Å². The Bertz CT molecular complexity index is 1070. The minimum absolute atomic E-state index is 0.168. The highest BCUT2D eigenvalue weighted by molar-refractivity contribution is 6.42. The molecule has 4 amide bonds. The van der Waals surface area contributed by atoms with Crippen LogP contribution in [-0.2, 0) is 4.79 Å². The van der Waals surface area contributed by atoms with Crippen LogP contribution in [0.1, 0.15) is 39.8 Å². The van der Waals surface area contributed by atoms with Gasteiger partial charge in [-0.05, 0) is 50.2 Å². The largest absolute Gasteiger partial charge is 0.358 e. The van der Waals surface area contributed by atoms with Crippen molar-refractivity contribution in [1.29, 1.82) is 0 Å². The van der Waals surface area contributed by atoms with Gasteiger partial charge in [-0.2, -0.15) is 0 Å². The van der Waals surface area contributed by atoms with E-state index in [4.69, 9.17) is 0 Å². The topological polar surface area (TPSA) is 106 Å². The third-order valence-corrected chi connectivity index (χ3v) is 5.17. The van der Waals surface area contributed by atoms with Gasteiger partial charge in [0, 0.05) is 37.1 Å². The molecule has 2 heterocycles. The Morgan fingerprint density at radius 2 is 1.97 bits per heavy atom. The van der Waals surface area contributed by atoms with Crippen LogP contribution in [-0.4, -0.2) is 49.5 Å². The van der Waals surface area contributed by atoms with E-state index in [-0.39, 0.29) is 11.5 Å². The third-order valence-electron chi connectivity index (χ3n) is 5.17. The summed E-state index contributed by atoms with van der Waals surface area (Å²) in [4.78, 5) is 42.0. The zero-order valence-electron chi connectivity index (χ0n) is 18.0. The van der Waals surface area contributed by atoms with Crippen LogP contribution in [0.4, 0.5) is 14.9 Å². The van der Waals surface area contributed by atoms with Crippen LogP contribution >= 0.6 is 0 Å². The number of carbonyl (C=O) groups excluding carboxylic acids is 3. The zero-order valence-corrected chi connectivity index (χ0v) is 18.0. The molecule has 0 aliphatic carbocycles. The Morgan fingerprint density at radius 1 is 1.23 bits per heavy atom. The van der Waals surface area contributed by atoms with Crippen molar-refractivity contribution in [2.45, 2.75) is 20.8 Å². The lowest BCUT2D eigenvalue weighted by Crippen LogP contribution is -2.39. The molecule has 1 aliphatic heterocycles. The van der Waals surface area contributed by atoms with Crippen LogP contribution in [0, 0.1) is 19.7 Å². The Labute approximate surface area is 179 Å². The van der Waals surface area contributed by atoms with Crippen LogP contribution in [0.5, 0.6) is 0 Å². The van der Waals surface area contributed by atoms with Crippen molar-refractivity contribution in [3.05, 3.63) is 52.1 Å². The van der Waals surface area contributed by atoms with Crippen molar-refractivity contribution in [2.75, 3.05) is 31.6 Å². The van der Waals surface area contributed by atoms with E-state index in [1.165, 1.54) is 25.2 Å². The maximum atomic E-state index is 13.9. The predicted octanol–water partition coefficient (Wildman–Crippen LogP) is 2.34. The number of aryl methyl sites for hydroxylation is 1. The number of benzene rings is 1. The van der Waals surface area contributed by atoms with Gasteiger partial charge < -0.3 is 20.9 Å². The second kappa shape index (κ2) is 9.13. The van der Waals surface area contributed by atoms with Crippen molar-refractivity contribution in [3.8, 4) is 0 Å². The summed E-state index contributed by atoms with van der Waals surface area (Å²) in [5.74, 6) is -1.30. The minimum atomic E-state index is -0.610. The molecule has 0 saturated carbocycles. The molecular weight excluding hydrogens is 401 g/mol. The van der Waals surface area contributed by atoms with Crippen molar-refractivity contribution in [2.24, 2.45) is 0 Å². The Kier molecular flexibility index (Phi) is 6.55. The number of imide groups is 1. The number of amides is 4. The number of H-pyrrole nitrogens is 1. The average molecular weight is 427 g/mol. The number of aromatic amines is 1. The number of nitrogens with zero attached hydrogens (tertiary/aromatic N) is 1. The normalized spacial score (nSPS) is 14.2. The van der Waals surface area contributed by atoms with Gasteiger partial charge in [-0.15, -0.1) is 0 Å². The predicted molar refractivity (Wildman–Crippen MR) is 117 cm³/mol. The zero-order chi connectivity index (χ0) is 22.7. The molecule has 31 heavy (non-hydrogen) atoms. The number of anilines is 1. The summed E-state index contributed by atoms with van der Waals surface area (Å²) in [6.45, 7) is 7.50. The van der Waals surface area contributed by atoms with Crippen LogP contribution in [0.15, 0.2) is 18.2 Å². The number of rotatable bonds is 6. The first kappa shape index (κ1) is 22.2. The SMILES string of the molecule is CCNCCNC(=O)c1c(C)[nH]c(/C=C2\C(=O)N(C(=O)NC)c3ccc(F)cc32)c1C. The maximum absolute atomic E-state index is 13.9. The highest BCUT2D eigenvalue weighted by Crippen LogP contribution is 2.38. The van der Waals surface area contributed by atoms with Crippen molar-refractivity contribution >= 4 is 35.2 Å². The summed E-state index contributed by atoms with van der Waals surface area (Å²) in [7, 11) is 1.42. The number of nitrogens with one attached hydrogen (secondary N) is 4. The fraction of sp³-hybridized carbons (Fsp3) is 0.318. The standard InChI is InChI=1S/C22H26FN5O3/c1-5-25-8-9-26-20(29)19-12(2)17(27-13(19)3)11-16-15-10-14(23)6-7-18(15)28(21(16)30)22(31)24-4/h6-7,10-11,25,27H,5,8-9H2,1-4H3,(H,24,31)(H,26,29)/b16-11-. The number of fused-ring (bicyclic) bond motifs is 1. The second-order valence-electron chi connectivity index (χ2n) is 7.19. The van der Waals surface area contributed by atoms with Crippen LogP contribution in [0.2, 0.25) is 0 Å². The Hall–Kier alpha value is -3.46. The molecule has 3 rings (SSSR count). The Balaban J connectivity index is 1.99. The van der Waals surface area contributed by atoms with E-state index in [2.05, 4.69) is 20.9 Å². The van der Waals surface area contributed by atoms with Gasteiger partial charge in [0.05, 0.1) is 16.8 Å². The lowest BCUT2D eigenvalue weighted by molar-refractivity contribution is -0.112. The summed E-state index contributed by atoms with van der Waals surface area (Å²) >= 11 is 0. The highest BCUT2D eigenvalue weighted by Gasteiger charge is 2.37. The smallest absolute Gasteiger partial charge is 0.328 e. The second-order valence-corrected chi connectivity index (χ2v) is 7.19. The van der Waals surface area contributed by atoms with E-state index in [0.717, 1.165) is 11.4 Å². The lowest BCUT2D eigenvalue weighted by Gasteiger charge is -2.13. The summed E-state index contributed by atoms with van der Waals surface area (Å²) in [5, 5.41) is 8.43. The molecule has 0 unspecified atom stereocenters. The molecule has 1 aromatic heterocycles. The number of likely N-dealkylation sites (N-methyl/N-ethyl adjacent to an activating group) is 1. The van der Waals surface area contributed by atoms with Gasteiger partial charge in [0.25, 0.3) is 11.8 Å². The average Bonchev–Trinajstić information content (AvgIpc) is 3.17. The van der Waals surface area contributed by atoms with E-state index in [1.807, 2.05) is 6.92 Å². The summed E-state index contributed by atoms with van der Waals surface area (Å²) in [5.41, 5.74) is 3.15. The van der Waals surface area contributed by atoms with Gasteiger partial charge in [0.1, 0.15) is 5.82 Å². The van der Waals surface area contributed by atoms with E-state index < -0.39 is 17.8 Å². The molecular formula is C22H26FN5O3. The number of urea groups is 1. The molecule has 0 fully saturated rings. The molecule has 164 valence electrons.